The minimum Gasteiger partial charge on any atom is -0.394 e. The minimum atomic E-state index is -2.25. The molecule has 16 heteroatoms. The van der Waals surface area contributed by atoms with Crippen LogP contribution in [0.15, 0.2) is 16.2 Å². The number of hydrogen-bond acceptors (Lipinski definition) is 12. The molecule has 6 N–H and O–H groups in total. The predicted octanol–water partition coefficient (Wildman–Crippen LogP) is -2.69. The van der Waals surface area contributed by atoms with E-state index in [9.17, 15) is 30.3 Å². The van der Waals surface area contributed by atoms with Crippen LogP contribution >= 0.6 is 0 Å². The molecule has 2 aromatic rings. The Balaban J connectivity index is 1.73. The summed E-state index contributed by atoms with van der Waals surface area (Å²) < 4.78 is 12.9. The number of aliphatic hydroxyl groups is 5. The lowest BCUT2D eigenvalue weighted by Crippen LogP contribution is -2.55. The number of ether oxygens (including phenoxy) is 2. The Kier molecular flexibility index (Phi) is 5.78. The monoisotopic (exact) mass is 454 g/mol. The molecule has 1 fully saturated rings. The maximum absolute atomic E-state index is 13.2. The zero-order chi connectivity index (χ0) is 23.2. The molecule has 1 saturated heterocycles. The Morgan fingerprint density at radius 1 is 1.44 bits per heavy atom. The number of aliphatic hydroxyl groups excluding tert-OH is 4. The van der Waals surface area contributed by atoms with E-state index in [0.29, 0.717) is 0 Å². The van der Waals surface area contributed by atoms with Crippen molar-refractivity contribution in [2.75, 3.05) is 25.1 Å². The van der Waals surface area contributed by atoms with Crippen LogP contribution in [0.4, 0.5) is 5.95 Å². The lowest BCUT2D eigenvalue weighted by atomic mass is 10.1. The molecular weight excluding hydrogens is 432 g/mol. The number of rotatable bonds is 7. The molecule has 0 radical (unpaired) electrons. The Hall–Kier alpha value is -2.82. The van der Waals surface area contributed by atoms with Crippen LogP contribution in [0.3, 0.4) is 0 Å². The fraction of sp³-hybridized carbons (Fsp3) is 0.688. The Labute approximate surface area is 178 Å². The summed E-state index contributed by atoms with van der Waals surface area (Å²) in [7, 11) is 0. The molecule has 16 nitrogen and oxygen atoms in total. The summed E-state index contributed by atoms with van der Waals surface area (Å²) in [6, 6.07) is 0. The smallest absolute Gasteiger partial charge is 0.285 e. The van der Waals surface area contributed by atoms with Gasteiger partial charge in [-0.2, -0.15) is 4.98 Å². The van der Waals surface area contributed by atoms with Crippen molar-refractivity contribution in [2.24, 2.45) is 5.11 Å². The molecule has 0 spiro atoms. The van der Waals surface area contributed by atoms with Gasteiger partial charge in [0.1, 0.15) is 24.4 Å². The van der Waals surface area contributed by atoms with Crippen LogP contribution in [0.1, 0.15) is 13.2 Å². The largest absolute Gasteiger partial charge is 0.394 e. The molecular formula is C16H22N8O8. The summed E-state index contributed by atoms with van der Waals surface area (Å²) in [5.74, 6) is -0.198. The summed E-state index contributed by atoms with van der Waals surface area (Å²) in [6.07, 6.45) is -6.66. The molecule has 174 valence electrons. The number of hydrogen-bond donors (Lipinski definition) is 6. The van der Waals surface area contributed by atoms with Gasteiger partial charge in [0.15, 0.2) is 23.6 Å². The van der Waals surface area contributed by atoms with Crippen molar-refractivity contribution in [3.63, 3.8) is 0 Å². The Bertz CT molecular complexity index is 1120. The van der Waals surface area contributed by atoms with Crippen LogP contribution in [-0.4, -0.2) is 95.0 Å². The van der Waals surface area contributed by atoms with Gasteiger partial charge in [-0.25, -0.2) is 9.55 Å². The molecule has 2 aromatic heterocycles. The van der Waals surface area contributed by atoms with Gasteiger partial charge in [-0.3, -0.25) is 9.36 Å². The van der Waals surface area contributed by atoms with E-state index < -0.39 is 54.8 Å². The van der Waals surface area contributed by atoms with Crippen molar-refractivity contribution in [3.8, 4) is 0 Å². The first-order valence-corrected chi connectivity index (χ1v) is 9.67. The third-order valence-electron chi connectivity index (χ3n) is 5.64. The maximum Gasteiger partial charge on any atom is 0.285 e. The van der Waals surface area contributed by atoms with Crippen LogP contribution < -0.4 is 10.9 Å². The van der Waals surface area contributed by atoms with Crippen LogP contribution in [-0.2, 0) is 15.2 Å². The molecule has 2 aliphatic heterocycles. The Morgan fingerprint density at radius 2 is 2.19 bits per heavy atom. The summed E-state index contributed by atoms with van der Waals surface area (Å²) >= 11 is 0. The van der Waals surface area contributed by atoms with Gasteiger partial charge in [0.2, 0.25) is 11.7 Å². The molecule has 0 bridgehead atoms. The average Bonchev–Trinajstić information content (AvgIpc) is 3.39. The van der Waals surface area contributed by atoms with Crippen molar-refractivity contribution in [1.29, 1.82) is 0 Å². The van der Waals surface area contributed by atoms with Crippen molar-refractivity contribution in [3.05, 3.63) is 27.1 Å². The zero-order valence-corrected chi connectivity index (χ0v) is 16.8. The number of aromatic nitrogens is 4. The maximum atomic E-state index is 13.2. The van der Waals surface area contributed by atoms with Gasteiger partial charge in [0.25, 0.3) is 5.56 Å². The van der Waals surface area contributed by atoms with E-state index in [0.717, 1.165) is 4.57 Å². The second-order valence-corrected chi connectivity index (χ2v) is 7.43. The second-order valence-electron chi connectivity index (χ2n) is 7.43. The number of azide groups is 1. The lowest BCUT2D eigenvalue weighted by molar-refractivity contribution is -0.192. The predicted molar refractivity (Wildman–Crippen MR) is 104 cm³/mol. The van der Waals surface area contributed by atoms with Gasteiger partial charge in [-0.1, -0.05) is 5.11 Å². The summed E-state index contributed by atoms with van der Waals surface area (Å²) in [6.45, 7) is 0.795. The highest BCUT2D eigenvalue weighted by Crippen LogP contribution is 2.35. The third-order valence-corrected chi connectivity index (χ3v) is 5.64. The molecule has 0 saturated carbocycles. The first-order valence-electron chi connectivity index (χ1n) is 9.67. The lowest BCUT2D eigenvalue weighted by Gasteiger charge is -2.33. The van der Waals surface area contributed by atoms with Crippen molar-refractivity contribution >= 4 is 17.1 Å². The molecule has 0 aromatic carbocycles. The van der Waals surface area contributed by atoms with Crippen molar-refractivity contribution < 1.29 is 35.0 Å². The summed E-state index contributed by atoms with van der Waals surface area (Å²) in [4.78, 5) is 24.0. The van der Waals surface area contributed by atoms with Gasteiger partial charge < -0.3 is 40.3 Å². The normalized spacial score (nSPS) is 32.5. The van der Waals surface area contributed by atoms with E-state index in [4.69, 9.17) is 15.0 Å². The quantitative estimate of drug-likeness (QED) is 0.109. The van der Waals surface area contributed by atoms with Gasteiger partial charge in [-0.15, -0.1) is 0 Å². The fourth-order valence-corrected chi connectivity index (χ4v) is 3.89. The third kappa shape index (κ3) is 3.21. The second kappa shape index (κ2) is 8.27. The molecule has 4 unspecified atom stereocenters. The minimum absolute atomic E-state index is 0.0196. The topological polar surface area (TPSA) is 233 Å². The summed E-state index contributed by atoms with van der Waals surface area (Å²) in [5.41, 5.74) is 5.01. The molecule has 32 heavy (non-hydrogen) atoms. The summed E-state index contributed by atoms with van der Waals surface area (Å²) in [5, 5.41) is 57.0. The molecule has 2 aliphatic rings. The van der Waals surface area contributed by atoms with Crippen LogP contribution in [0.2, 0.25) is 0 Å². The Morgan fingerprint density at radius 3 is 2.84 bits per heavy atom. The van der Waals surface area contributed by atoms with Gasteiger partial charge in [0.05, 0.1) is 19.5 Å². The van der Waals surface area contributed by atoms with E-state index in [1.165, 1.54) is 17.8 Å². The van der Waals surface area contributed by atoms with E-state index >= 15 is 0 Å². The fourth-order valence-electron chi connectivity index (χ4n) is 3.89. The van der Waals surface area contributed by atoms with E-state index in [-0.39, 0.29) is 30.3 Å². The number of nitrogens with zero attached hydrogens (tertiary/aromatic N) is 7. The van der Waals surface area contributed by atoms with Crippen LogP contribution in [0.5, 0.6) is 0 Å². The van der Waals surface area contributed by atoms with Crippen LogP contribution in [0, 0.1) is 0 Å². The molecule has 4 heterocycles. The highest BCUT2D eigenvalue weighted by atomic mass is 16.6. The number of imidazole rings is 1. The van der Waals surface area contributed by atoms with Crippen molar-refractivity contribution in [2.45, 2.75) is 49.5 Å². The first-order chi connectivity index (χ1) is 15.2. The van der Waals surface area contributed by atoms with E-state index in [1.807, 2.05) is 0 Å². The highest BCUT2D eigenvalue weighted by molar-refractivity contribution is 5.72. The number of nitrogens with one attached hydrogen (secondary N) is 1. The van der Waals surface area contributed by atoms with E-state index in [2.05, 4.69) is 25.3 Å². The van der Waals surface area contributed by atoms with Gasteiger partial charge in [-0.05, 0) is 12.5 Å². The van der Waals surface area contributed by atoms with Gasteiger partial charge >= 0.3 is 0 Å². The van der Waals surface area contributed by atoms with E-state index in [1.54, 1.807) is 0 Å². The average molecular weight is 454 g/mol. The molecule has 7 atom stereocenters. The molecule has 0 amide bonds. The highest BCUT2D eigenvalue weighted by Gasteiger charge is 2.52. The SMILES string of the molecule is CC(OCCN=[N+]=[N-])C1(O)C(O)Nc2nc3c(ncn3[C@@H]3O[C@H](CO)[C@H](O)C3O)c(=O)n21. The van der Waals surface area contributed by atoms with Crippen LogP contribution in [0.25, 0.3) is 21.6 Å². The standard InChI is InChI=1S/C16H22N8O8/c1-6(31-3-2-19-22-17)16(30)14(29)21-15-20-11-8(12(28)24(15)16)18-5-23(11)13-10(27)9(26)7(4-25)32-13/h5-7,9-10,13-14,25-27,29-30H,2-4H2,1H3,(H,20,21)/t6?,7-,9+,10?,13-,14?,16?/m1/s1. The number of anilines is 1. The van der Waals surface area contributed by atoms with Crippen molar-refractivity contribution in [1.82, 2.24) is 19.1 Å². The number of fused-ring (bicyclic) bond motifs is 2. The molecule has 4 rings (SSSR count). The first kappa shape index (κ1) is 22.4. The zero-order valence-electron chi connectivity index (χ0n) is 16.8. The van der Waals surface area contributed by atoms with Gasteiger partial charge in [0, 0.05) is 11.5 Å². The molecule has 0 aliphatic carbocycles.